The van der Waals surface area contributed by atoms with Gasteiger partial charge in [-0.3, -0.25) is 4.79 Å². The first kappa shape index (κ1) is 13.8. The molecule has 2 atom stereocenters. The molecule has 2 unspecified atom stereocenters. The third-order valence-corrected chi connectivity index (χ3v) is 4.47. The standard InChI is InChI=1S/C14H27N3O/c1-16(2)14(18)5-4-8-17(3)13-9-11-6-7-12(10-13)15-11/h11-13,15H,4-10H2,1-3H3. The SMILES string of the molecule is CN(C)C(=O)CCCN(C)C1CC2CCC(C1)N2. The molecule has 0 saturated carbocycles. The molecular formula is C14H27N3O. The van der Waals surface area contributed by atoms with E-state index in [4.69, 9.17) is 0 Å². The van der Waals surface area contributed by atoms with Crippen molar-refractivity contribution in [1.82, 2.24) is 15.1 Å². The van der Waals surface area contributed by atoms with Gasteiger partial charge in [0, 0.05) is 38.6 Å². The first-order valence-electron chi connectivity index (χ1n) is 7.22. The predicted octanol–water partition coefficient (Wildman–Crippen LogP) is 1.07. The van der Waals surface area contributed by atoms with Crippen molar-refractivity contribution in [3.8, 4) is 0 Å². The van der Waals surface area contributed by atoms with Crippen molar-refractivity contribution in [3.05, 3.63) is 0 Å². The predicted molar refractivity (Wildman–Crippen MR) is 73.5 cm³/mol. The molecule has 0 radical (unpaired) electrons. The van der Waals surface area contributed by atoms with Crippen molar-refractivity contribution in [1.29, 1.82) is 0 Å². The van der Waals surface area contributed by atoms with Gasteiger partial charge in [-0.2, -0.15) is 0 Å². The number of carbonyl (C=O) groups excluding carboxylic acids is 1. The van der Waals surface area contributed by atoms with Gasteiger partial charge >= 0.3 is 0 Å². The van der Waals surface area contributed by atoms with Gasteiger partial charge in [-0.15, -0.1) is 0 Å². The molecule has 4 nitrogen and oxygen atoms in total. The number of amides is 1. The Kier molecular flexibility index (Phi) is 4.62. The minimum Gasteiger partial charge on any atom is -0.349 e. The summed E-state index contributed by atoms with van der Waals surface area (Å²) in [6.07, 6.45) is 6.94. The van der Waals surface area contributed by atoms with E-state index in [0.717, 1.165) is 31.1 Å². The van der Waals surface area contributed by atoms with Crippen LogP contribution >= 0.6 is 0 Å². The topological polar surface area (TPSA) is 35.6 Å². The summed E-state index contributed by atoms with van der Waals surface area (Å²) in [4.78, 5) is 15.7. The number of hydrogen-bond donors (Lipinski definition) is 1. The molecule has 0 aromatic rings. The van der Waals surface area contributed by atoms with E-state index in [1.165, 1.54) is 25.7 Å². The van der Waals surface area contributed by atoms with Gasteiger partial charge in [0.15, 0.2) is 0 Å². The lowest BCUT2D eigenvalue weighted by Gasteiger charge is -2.35. The Morgan fingerprint density at radius 1 is 1.17 bits per heavy atom. The highest BCUT2D eigenvalue weighted by Gasteiger charge is 2.34. The monoisotopic (exact) mass is 253 g/mol. The van der Waals surface area contributed by atoms with Gasteiger partial charge in [-0.25, -0.2) is 0 Å². The molecule has 104 valence electrons. The molecule has 0 aliphatic carbocycles. The summed E-state index contributed by atoms with van der Waals surface area (Å²) in [7, 11) is 5.88. The number of carbonyl (C=O) groups is 1. The summed E-state index contributed by atoms with van der Waals surface area (Å²) in [6.45, 7) is 1.05. The number of rotatable bonds is 5. The lowest BCUT2D eigenvalue weighted by atomic mass is 9.98. The first-order valence-corrected chi connectivity index (χ1v) is 7.22. The van der Waals surface area contributed by atoms with E-state index in [1.807, 2.05) is 14.1 Å². The van der Waals surface area contributed by atoms with Crippen molar-refractivity contribution >= 4 is 5.91 Å². The van der Waals surface area contributed by atoms with Crippen LogP contribution in [0.5, 0.6) is 0 Å². The van der Waals surface area contributed by atoms with E-state index >= 15 is 0 Å². The van der Waals surface area contributed by atoms with Crippen molar-refractivity contribution in [2.75, 3.05) is 27.7 Å². The van der Waals surface area contributed by atoms with E-state index in [1.54, 1.807) is 4.90 Å². The van der Waals surface area contributed by atoms with Gasteiger partial charge < -0.3 is 15.1 Å². The Bertz CT molecular complexity index is 281. The summed E-state index contributed by atoms with van der Waals surface area (Å²) >= 11 is 0. The smallest absolute Gasteiger partial charge is 0.222 e. The van der Waals surface area contributed by atoms with Crippen molar-refractivity contribution in [3.63, 3.8) is 0 Å². The van der Waals surface area contributed by atoms with Gasteiger partial charge in [0.1, 0.15) is 0 Å². The minimum atomic E-state index is 0.244. The first-order chi connectivity index (χ1) is 8.56. The average Bonchev–Trinajstić information content (AvgIpc) is 2.67. The van der Waals surface area contributed by atoms with E-state index < -0.39 is 0 Å². The quantitative estimate of drug-likeness (QED) is 0.796. The number of fused-ring (bicyclic) bond motifs is 2. The van der Waals surface area contributed by atoms with Gasteiger partial charge in [0.05, 0.1) is 0 Å². The Morgan fingerprint density at radius 3 is 2.33 bits per heavy atom. The summed E-state index contributed by atoms with van der Waals surface area (Å²) in [5.74, 6) is 0.244. The number of nitrogens with zero attached hydrogens (tertiary/aromatic N) is 2. The summed E-state index contributed by atoms with van der Waals surface area (Å²) in [6, 6.07) is 2.22. The molecule has 1 N–H and O–H groups in total. The van der Waals surface area contributed by atoms with Crippen molar-refractivity contribution < 1.29 is 4.79 Å². The maximum absolute atomic E-state index is 11.5. The fourth-order valence-corrected chi connectivity index (χ4v) is 3.27. The van der Waals surface area contributed by atoms with Crippen LogP contribution in [0.2, 0.25) is 0 Å². The van der Waals surface area contributed by atoms with E-state index in [9.17, 15) is 4.79 Å². The summed E-state index contributed by atoms with van der Waals surface area (Å²) in [5, 5.41) is 3.68. The lowest BCUT2D eigenvalue weighted by Crippen LogP contribution is -2.47. The van der Waals surface area contributed by atoms with Gasteiger partial charge in [0.2, 0.25) is 5.91 Å². The normalized spacial score (nSPS) is 30.8. The van der Waals surface area contributed by atoms with Crippen LogP contribution in [-0.4, -0.2) is 61.5 Å². The van der Waals surface area contributed by atoms with Crippen LogP contribution in [-0.2, 0) is 4.79 Å². The molecule has 2 fully saturated rings. The van der Waals surface area contributed by atoms with Crippen LogP contribution < -0.4 is 5.32 Å². The fourth-order valence-electron chi connectivity index (χ4n) is 3.27. The molecular weight excluding hydrogens is 226 g/mol. The highest BCUT2D eigenvalue weighted by atomic mass is 16.2. The van der Waals surface area contributed by atoms with Crippen LogP contribution in [0.25, 0.3) is 0 Å². The Hall–Kier alpha value is -0.610. The van der Waals surface area contributed by atoms with Gasteiger partial charge in [0.25, 0.3) is 0 Å². The lowest BCUT2D eigenvalue weighted by molar-refractivity contribution is -0.128. The molecule has 0 aromatic carbocycles. The highest BCUT2D eigenvalue weighted by molar-refractivity contribution is 5.75. The third-order valence-electron chi connectivity index (χ3n) is 4.47. The summed E-state index contributed by atoms with van der Waals surface area (Å²) in [5.41, 5.74) is 0. The molecule has 2 saturated heterocycles. The molecule has 2 rings (SSSR count). The van der Waals surface area contributed by atoms with Crippen LogP contribution in [0.1, 0.15) is 38.5 Å². The third kappa shape index (κ3) is 3.45. The number of hydrogen-bond acceptors (Lipinski definition) is 3. The average molecular weight is 253 g/mol. The maximum atomic E-state index is 11.5. The van der Waals surface area contributed by atoms with Gasteiger partial charge in [-0.05, 0) is 45.7 Å². The molecule has 2 bridgehead atoms. The molecule has 1 amide bonds. The molecule has 18 heavy (non-hydrogen) atoms. The van der Waals surface area contributed by atoms with E-state index in [2.05, 4.69) is 17.3 Å². The number of piperidine rings is 1. The van der Waals surface area contributed by atoms with Crippen LogP contribution in [0.4, 0.5) is 0 Å². The second-order valence-corrected chi connectivity index (χ2v) is 6.14. The largest absolute Gasteiger partial charge is 0.349 e. The van der Waals surface area contributed by atoms with Gasteiger partial charge in [-0.1, -0.05) is 0 Å². The zero-order valence-corrected chi connectivity index (χ0v) is 12.0. The molecule has 0 aromatic heterocycles. The zero-order valence-electron chi connectivity index (χ0n) is 12.0. The van der Waals surface area contributed by atoms with E-state index in [-0.39, 0.29) is 5.91 Å². The minimum absolute atomic E-state index is 0.244. The molecule has 0 spiro atoms. The maximum Gasteiger partial charge on any atom is 0.222 e. The van der Waals surface area contributed by atoms with E-state index in [0.29, 0.717) is 6.42 Å². The number of nitrogens with one attached hydrogen (secondary N) is 1. The molecule has 2 aliphatic rings. The van der Waals surface area contributed by atoms with Crippen molar-refractivity contribution in [2.45, 2.75) is 56.7 Å². The van der Waals surface area contributed by atoms with Crippen LogP contribution in [0.15, 0.2) is 0 Å². The summed E-state index contributed by atoms with van der Waals surface area (Å²) < 4.78 is 0. The second kappa shape index (κ2) is 6.02. The Labute approximate surface area is 111 Å². The highest BCUT2D eigenvalue weighted by Crippen LogP contribution is 2.29. The zero-order chi connectivity index (χ0) is 13.1. The second-order valence-electron chi connectivity index (χ2n) is 6.14. The molecule has 2 aliphatic heterocycles. The molecule has 2 heterocycles. The Balaban J connectivity index is 1.68. The van der Waals surface area contributed by atoms with Crippen LogP contribution in [0.3, 0.4) is 0 Å². The Morgan fingerprint density at radius 2 is 1.78 bits per heavy atom. The van der Waals surface area contributed by atoms with Crippen molar-refractivity contribution in [2.24, 2.45) is 0 Å². The molecule has 4 heteroatoms. The fraction of sp³-hybridized carbons (Fsp3) is 0.929. The van der Waals surface area contributed by atoms with Crippen LogP contribution in [0, 0.1) is 0 Å².